The van der Waals surface area contributed by atoms with Gasteiger partial charge in [0.05, 0.1) is 6.10 Å². The molecule has 0 radical (unpaired) electrons. The summed E-state index contributed by atoms with van der Waals surface area (Å²) in [5, 5.41) is 18.5. The molecular weight excluding hydrogens is 218 g/mol. The quantitative estimate of drug-likeness (QED) is 0.681. The Labute approximate surface area is 104 Å². The van der Waals surface area contributed by atoms with Crippen molar-refractivity contribution in [1.82, 2.24) is 4.90 Å². The number of carboxylic acid groups (broad SMARTS) is 1. The zero-order valence-corrected chi connectivity index (χ0v) is 10.8. The van der Waals surface area contributed by atoms with Crippen LogP contribution in [-0.2, 0) is 4.79 Å². The molecule has 1 aliphatic rings. The molecule has 1 aliphatic carbocycles. The second kappa shape index (κ2) is 7.67. The molecule has 0 saturated heterocycles. The molecule has 0 heterocycles. The molecule has 0 aromatic heterocycles. The van der Waals surface area contributed by atoms with Gasteiger partial charge in [-0.2, -0.15) is 0 Å². The zero-order chi connectivity index (χ0) is 12.7. The van der Waals surface area contributed by atoms with Gasteiger partial charge in [0.15, 0.2) is 0 Å². The minimum atomic E-state index is -0.745. The highest BCUT2D eigenvalue weighted by Crippen LogP contribution is 2.28. The summed E-state index contributed by atoms with van der Waals surface area (Å²) in [5.41, 5.74) is 0. The summed E-state index contributed by atoms with van der Waals surface area (Å²) in [6, 6.07) is 0. The van der Waals surface area contributed by atoms with E-state index in [1.54, 1.807) is 0 Å². The molecule has 0 bridgehead atoms. The molecular formula is C13H25NO3. The van der Waals surface area contributed by atoms with Crippen molar-refractivity contribution in [2.75, 3.05) is 20.1 Å². The Morgan fingerprint density at radius 2 is 2.06 bits per heavy atom. The van der Waals surface area contributed by atoms with E-state index >= 15 is 0 Å². The number of nitrogens with zero attached hydrogens (tertiary/aromatic N) is 1. The third-order valence-corrected chi connectivity index (χ3v) is 3.53. The zero-order valence-electron chi connectivity index (χ0n) is 10.8. The molecule has 1 unspecified atom stereocenters. The topological polar surface area (TPSA) is 60.8 Å². The Hall–Kier alpha value is -0.610. The minimum absolute atomic E-state index is 0.211. The Balaban J connectivity index is 2.07. The van der Waals surface area contributed by atoms with Crippen LogP contribution in [0.5, 0.6) is 0 Å². The number of rotatable bonds is 8. The van der Waals surface area contributed by atoms with E-state index in [0.29, 0.717) is 18.9 Å². The predicted octanol–water partition coefficient (Wildman–Crippen LogP) is 1.72. The Kier molecular flexibility index (Phi) is 6.52. The highest BCUT2D eigenvalue weighted by atomic mass is 16.4. The number of hydrogen-bond acceptors (Lipinski definition) is 3. The number of carbonyl (C=O) groups is 1. The van der Waals surface area contributed by atoms with E-state index in [9.17, 15) is 9.90 Å². The highest BCUT2D eigenvalue weighted by Gasteiger charge is 2.19. The van der Waals surface area contributed by atoms with Crippen LogP contribution in [0.25, 0.3) is 0 Å². The lowest BCUT2D eigenvalue weighted by atomic mass is 10.00. The molecule has 0 aromatic carbocycles. The number of likely N-dealkylation sites (N-methyl/N-ethyl adjacent to an activating group) is 1. The summed E-state index contributed by atoms with van der Waals surface area (Å²) in [6.45, 7) is 1.41. The first-order valence-corrected chi connectivity index (χ1v) is 6.66. The van der Waals surface area contributed by atoms with Crippen molar-refractivity contribution >= 4 is 5.97 Å². The maximum atomic E-state index is 10.4. The Morgan fingerprint density at radius 3 is 2.65 bits per heavy atom. The summed E-state index contributed by atoms with van der Waals surface area (Å²) < 4.78 is 0. The summed E-state index contributed by atoms with van der Waals surface area (Å²) in [7, 11) is 1.94. The van der Waals surface area contributed by atoms with Gasteiger partial charge in [0.2, 0.25) is 0 Å². The van der Waals surface area contributed by atoms with Crippen LogP contribution in [0.15, 0.2) is 0 Å². The van der Waals surface area contributed by atoms with Crippen molar-refractivity contribution in [2.45, 2.75) is 51.0 Å². The molecule has 4 nitrogen and oxygen atoms in total. The fraction of sp³-hybridized carbons (Fsp3) is 0.923. The molecule has 0 amide bonds. The van der Waals surface area contributed by atoms with Crippen molar-refractivity contribution in [1.29, 1.82) is 0 Å². The average molecular weight is 243 g/mol. The standard InChI is InChI=1S/C13H25NO3/c1-14(8-4-7-13(16)17)10-12(15)9-11-5-2-3-6-11/h11-12,15H,2-10H2,1H3,(H,16,17). The van der Waals surface area contributed by atoms with E-state index in [4.69, 9.17) is 5.11 Å². The van der Waals surface area contributed by atoms with E-state index in [0.717, 1.165) is 13.0 Å². The van der Waals surface area contributed by atoms with Gasteiger partial charge in [0, 0.05) is 13.0 Å². The van der Waals surface area contributed by atoms with Crippen LogP contribution in [0.4, 0.5) is 0 Å². The maximum absolute atomic E-state index is 10.4. The van der Waals surface area contributed by atoms with Gasteiger partial charge in [-0.3, -0.25) is 4.79 Å². The smallest absolute Gasteiger partial charge is 0.303 e. The molecule has 1 saturated carbocycles. The molecule has 2 N–H and O–H groups in total. The van der Waals surface area contributed by atoms with E-state index in [1.807, 2.05) is 11.9 Å². The molecule has 0 spiro atoms. The number of carboxylic acids is 1. The normalized spacial score (nSPS) is 18.8. The molecule has 1 atom stereocenters. The summed E-state index contributed by atoms with van der Waals surface area (Å²) in [4.78, 5) is 12.4. The molecule has 0 aliphatic heterocycles. The summed E-state index contributed by atoms with van der Waals surface area (Å²) in [5.74, 6) is -0.0395. The van der Waals surface area contributed by atoms with Gasteiger partial charge < -0.3 is 15.1 Å². The first-order valence-electron chi connectivity index (χ1n) is 6.66. The largest absolute Gasteiger partial charge is 0.481 e. The second-order valence-corrected chi connectivity index (χ2v) is 5.30. The third-order valence-electron chi connectivity index (χ3n) is 3.53. The average Bonchev–Trinajstić information content (AvgIpc) is 2.69. The van der Waals surface area contributed by atoms with Gasteiger partial charge >= 0.3 is 5.97 Å². The molecule has 17 heavy (non-hydrogen) atoms. The number of aliphatic carboxylic acids is 1. The van der Waals surface area contributed by atoms with Crippen molar-refractivity contribution in [3.05, 3.63) is 0 Å². The number of hydrogen-bond donors (Lipinski definition) is 2. The highest BCUT2D eigenvalue weighted by molar-refractivity contribution is 5.66. The van der Waals surface area contributed by atoms with Gasteiger partial charge in [-0.05, 0) is 32.4 Å². The van der Waals surface area contributed by atoms with Crippen LogP contribution >= 0.6 is 0 Å². The number of aliphatic hydroxyl groups is 1. The predicted molar refractivity (Wildman–Crippen MR) is 66.9 cm³/mol. The van der Waals surface area contributed by atoms with Gasteiger partial charge in [0.1, 0.15) is 0 Å². The van der Waals surface area contributed by atoms with Gasteiger partial charge in [-0.15, -0.1) is 0 Å². The minimum Gasteiger partial charge on any atom is -0.481 e. The molecule has 4 heteroatoms. The summed E-state index contributed by atoms with van der Waals surface area (Å²) in [6.07, 6.45) is 6.67. The number of aliphatic hydroxyl groups excluding tert-OH is 1. The molecule has 1 rings (SSSR count). The first-order chi connectivity index (χ1) is 8.08. The first kappa shape index (κ1) is 14.5. The Morgan fingerprint density at radius 1 is 1.41 bits per heavy atom. The lowest BCUT2D eigenvalue weighted by molar-refractivity contribution is -0.137. The van der Waals surface area contributed by atoms with E-state index < -0.39 is 5.97 Å². The monoisotopic (exact) mass is 243 g/mol. The van der Waals surface area contributed by atoms with Crippen molar-refractivity contribution in [2.24, 2.45) is 5.92 Å². The lowest BCUT2D eigenvalue weighted by Gasteiger charge is -2.22. The fourth-order valence-electron chi connectivity index (χ4n) is 2.66. The van der Waals surface area contributed by atoms with Crippen molar-refractivity contribution in [3.63, 3.8) is 0 Å². The fourth-order valence-corrected chi connectivity index (χ4v) is 2.66. The van der Waals surface area contributed by atoms with Gasteiger partial charge in [-0.1, -0.05) is 25.7 Å². The van der Waals surface area contributed by atoms with Crippen LogP contribution < -0.4 is 0 Å². The van der Waals surface area contributed by atoms with E-state index in [-0.39, 0.29) is 12.5 Å². The van der Waals surface area contributed by atoms with Crippen LogP contribution in [0.1, 0.15) is 44.9 Å². The van der Waals surface area contributed by atoms with Gasteiger partial charge in [0.25, 0.3) is 0 Å². The molecule has 1 fully saturated rings. The second-order valence-electron chi connectivity index (χ2n) is 5.30. The SMILES string of the molecule is CN(CCCC(=O)O)CC(O)CC1CCCC1. The van der Waals surface area contributed by atoms with Crippen molar-refractivity contribution < 1.29 is 15.0 Å². The van der Waals surface area contributed by atoms with Crippen LogP contribution in [0.3, 0.4) is 0 Å². The van der Waals surface area contributed by atoms with E-state index in [2.05, 4.69) is 0 Å². The molecule has 0 aromatic rings. The van der Waals surface area contributed by atoms with Crippen LogP contribution in [0, 0.1) is 5.92 Å². The lowest BCUT2D eigenvalue weighted by Crippen LogP contribution is -2.31. The van der Waals surface area contributed by atoms with E-state index in [1.165, 1.54) is 25.7 Å². The van der Waals surface area contributed by atoms with Gasteiger partial charge in [-0.25, -0.2) is 0 Å². The van der Waals surface area contributed by atoms with Crippen LogP contribution in [-0.4, -0.2) is 47.3 Å². The third kappa shape index (κ3) is 6.64. The summed E-state index contributed by atoms with van der Waals surface area (Å²) >= 11 is 0. The van der Waals surface area contributed by atoms with Crippen LogP contribution in [0.2, 0.25) is 0 Å². The Bertz CT molecular complexity index is 227. The maximum Gasteiger partial charge on any atom is 0.303 e. The molecule has 100 valence electrons. The van der Waals surface area contributed by atoms with Crippen molar-refractivity contribution in [3.8, 4) is 0 Å².